The lowest BCUT2D eigenvalue weighted by atomic mass is 10.0. The maximum atomic E-state index is 9.61. The average Bonchev–Trinajstić information content (AvgIpc) is 2.62. The second kappa shape index (κ2) is 19.1. The number of nitrogens with two attached hydrogens (primary N) is 1. The van der Waals surface area contributed by atoms with Crippen LogP contribution in [-0.2, 0) is 0 Å². The summed E-state index contributed by atoms with van der Waals surface area (Å²) in [4.78, 5) is 0. The molecule has 0 aromatic carbocycles. The van der Waals surface area contributed by atoms with Crippen molar-refractivity contribution in [2.24, 2.45) is 5.73 Å². The summed E-state index contributed by atoms with van der Waals surface area (Å²) in [6.07, 6.45) is 17.1. The molecule has 3 atom stereocenters. The van der Waals surface area contributed by atoms with Crippen molar-refractivity contribution >= 4 is 0 Å². The number of rotatable bonds is 20. The third-order valence-electron chi connectivity index (χ3n) is 5.39. The maximum absolute atomic E-state index is 9.61. The van der Waals surface area contributed by atoms with E-state index in [0.717, 1.165) is 6.42 Å². The Balaban J connectivity index is 3.47. The second-order valence-electron chi connectivity index (χ2n) is 8.25. The van der Waals surface area contributed by atoms with E-state index in [9.17, 15) is 5.11 Å². The third-order valence-corrected chi connectivity index (χ3v) is 5.39. The van der Waals surface area contributed by atoms with Gasteiger partial charge in [0.2, 0.25) is 0 Å². The van der Waals surface area contributed by atoms with E-state index in [1.54, 1.807) is 0 Å². The van der Waals surface area contributed by atoms with Gasteiger partial charge in [0.1, 0.15) is 6.23 Å². The molecule has 0 aliphatic carbocycles. The number of hydrogen-bond acceptors (Lipinski definition) is 5. The van der Waals surface area contributed by atoms with Crippen molar-refractivity contribution in [3.8, 4) is 0 Å². The Hall–Kier alpha value is -0.200. The van der Waals surface area contributed by atoms with E-state index >= 15 is 0 Å². The lowest BCUT2D eigenvalue weighted by molar-refractivity contribution is -0.0505. The summed E-state index contributed by atoms with van der Waals surface area (Å²) in [5, 5.41) is 30.8. The molecule has 0 spiro atoms. The zero-order valence-electron chi connectivity index (χ0n) is 18.0. The zero-order valence-corrected chi connectivity index (χ0v) is 18.0. The molecular weight excluding hydrogens is 340 g/mol. The van der Waals surface area contributed by atoms with Crippen LogP contribution in [0.1, 0.15) is 117 Å². The highest BCUT2D eigenvalue weighted by molar-refractivity contribution is 4.75. The largest absolute Gasteiger partial charge is 0.377 e. The predicted octanol–water partition coefficient (Wildman–Crippen LogP) is 4.18. The van der Waals surface area contributed by atoms with Gasteiger partial charge in [-0.1, -0.05) is 90.4 Å². The molecule has 0 heterocycles. The first-order valence-electron chi connectivity index (χ1n) is 11.5. The molecular formula is C22H48N2O3. The lowest BCUT2D eigenvalue weighted by Gasteiger charge is -2.25. The molecule has 164 valence electrons. The molecule has 0 bridgehead atoms. The molecule has 5 heteroatoms. The van der Waals surface area contributed by atoms with Gasteiger partial charge in [-0.2, -0.15) is 0 Å². The van der Waals surface area contributed by atoms with Crippen LogP contribution >= 0.6 is 0 Å². The van der Waals surface area contributed by atoms with E-state index < -0.39 is 12.5 Å². The molecule has 0 saturated carbocycles. The van der Waals surface area contributed by atoms with Crippen LogP contribution in [0.2, 0.25) is 0 Å². The normalized spacial score (nSPS) is 15.2. The van der Waals surface area contributed by atoms with Gasteiger partial charge in [-0.3, -0.25) is 0 Å². The van der Waals surface area contributed by atoms with E-state index in [1.165, 1.54) is 83.5 Å². The van der Waals surface area contributed by atoms with Gasteiger partial charge in [-0.25, -0.2) is 0 Å². The van der Waals surface area contributed by atoms with Crippen molar-refractivity contribution in [3.63, 3.8) is 0 Å². The minimum Gasteiger partial charge on any atom is -0.377 e. The SMILES string of the molecule is CCCCCCCCCCCCCCCC(C)NC(CCC(O)O)C(N)O. The van der Waals surface area contributed by atoms with E-state index in [1.807, 2.05) is 0 Å². The van der Waals surface area contributed by atoms with Crippen LogP contribution in [0.25, 0.3) is 0 Å². The van der Waals surface area contributed by atoms with E-state index in [4.69, 9.17) is 15.9 Å². The second-order valence-corrected chi connectivity index (χ2v) is 8.25. The van der Waals surface area contributed by atoms with E-state index in [0.29, 0.717) is 6.42 Å². The fourth-order valence-electron chi connectivity index (χ4n) is 3.60. The fraction of sp³-hybridized carbons (Fsp3) is 1.00. The average molecular weight is 389 g/mol. The molecule has 6 N–H and O–H groups in total. The number of aliphatic hydroxyl groups excluding tert-OH is 2. The molecule has 0 amide bonds. The van der Waals surface area contributed by atoms with Crippen molar-refractivity contribution in [2.75, 3.05) is 0 Å². The fourth-order valence-corrected chi connectivity index (χ4v) is 3.60. The van der Waals surface area contributed by atoms with Gasteiger partial charge in [0.15, 0.2) is 6.29 Å². The number of nitrogens with one attached hydrogen (secondary N) is 1. The van der Waals surface area contributed by atoms with Gasteiger partial charge >= 0.3 is 0 Å². The number of unbranched alkanes of at least 4 members (excludes halogenated alkanes) is 12. The summed E-state index contributed by atoms with van der Waals surface area (Å²) in [7, 11) is 0. The minimum absolute atomic E-state index is 0.220. The molecule has 0 aromatic rings. The van der Waals surface area contributed by atoms with Gasteiger partial charge in [0, 0.05) is 12.1 Å². The van der Waals surface area contributed by atoms with Crippen molar-refractivity contribution in [1.29, 1.82) is 0 Å². The minimum atomic E-state index is -1.34. The first-order valence-corrected chi connectivity index (χ1v) is 11.5. The Morgan fingerprint density at radius 1 is 0.667 bits per heavy atom. The standard InChI is InChI=1S/C22H48N2O3/c1-3-4-5-6-7-8-9-10-11-12-13-14-15-16-19(2)24-20(22(23)27)17-18-21(25)26/h19-22,24-27H,3-18,23H2,1-2H3. The molecule has 0 radical (unpaired) electrons. The summed E-state index contributed by atoms with van der Waals surface area (Å²) in [5.74, 6) is 0. The predicted molar refractivity (Wildman–Crippen MR) is 114 cm³/mol. The maximum Gasteiger partial charge on any atom is 0.151 e. The summed E-state index contributed by atoms with van der Waals surface area (Å²) in [6.45, 7) is 4.37. The first-order chi connectivity index (χ1) is 13.0. The zero-order chi connectivity index (χ0) is 20.3. The van der Waals surface area contributed by atoms with Gasteiger partial charge in [0.25, 0.3) is 0 Å². The Morgan fingerprint density at radius 2 is 1.11 bits per heavy atom. The highest BCUT2D eigenvalue weighted by atomic mass is 16.5. The van der Waals surface area contributed by atoms with E-state index in [-0.39, 0.29) is 18.5 Å². The van der Waals surface area contributed by atoms with Crippen molar-refractivity contribution in [3.05, 3.63) is 0 Å². The Morgan fingerprint density at radius 3 is 1.52 bits per heavy atom. The molecule has 0 aliphatic rings. The number of aliphatic hydroxyl groups is 3. The summed E-state index contributed by atoms with van der Waals surface area (Å²) in [5.41, 5.74) is 5.58. The molecule has 0 saturated heterocycles. The molecule has 0 aliphatic heterocycles. The van der Waals surface area contributed by atoms with Gasteiger partial charge in [-0.15, -0.1) is 0 Å². The highest BCUT2D eigenvalue weighted by Crippen LogP contribution is 2.14. The van der Waals surface area contributed by atoms with Crippen molar-refractivity contribution in [1.82, 2.24) is 5.32 Å². The van der Waals surface area contributed by atoms with Crippen LogP contribution in [-0.4, -0.2) is 39.9 Å². The van der Waals surface area contributed by atoms with Crippen molar-refractivity contribution in [2.45, 2.75) is 141 Å². The van der Waals surface area contributed by atoms with Crippen LogP contribution in [0.4, 0.5) is 0 Å². The van der Waals surface area contributed by atoms with Crippen LogP contribution in [0, 0.1) is 0 Å². The smallest absolute Gasteiger partial charge is 0.151 e. The van der Waals surface area contributed by atoms with Gasteiger partial charge in [-0.05, 0) is 26.2 Å². The van der Waals surface area contributed by atoms with Crippen LogP contribution in [0.3, 0.4) is 0 Å². The van der Waals surface area contributed by atoms with Crippen molar-refractivity contribution < 1.29 is 15.3 Å². The third kappa shape index (κ3) is 18.9. The van der Waals surface area contributed by atoms with Crippen LogP contribution < -0.4 is 11.1 Å². The van der Waals surface area contributed by atoms with Crippen LogP contribution in [0.15, 0.2) is 0 Å². The molecule has 0 rings (SSSR count). The molecule has 3 unspecified atom stereocenters. The van der Waals surface area contributed by atoms with Crippen LogP contribution in [0.5, 0.6) is 0 Å². The molecule has 0 aromatic heterocycles. The summed E-state index contributed by atoms with van der Waals surface area (Å²) >= 11 is 0. The Kier molecular flexibility index (Phi) is 19.0. The van der Waals surface area contributed by atoms with Gasteiger partial charge in [0.05, 0.1) is 0 Å². The van der Waals surface area contributed by atoms with Gasteiger partial charge < -0.3 is 26.4 Å². The molecule has 5 nitrogen and oxygen atoms in total. The lowest BCUT2D eigenvalue weighted by Crippen LogP contribution is -2.48. The molecule has 0 fully saturated rings. The monoisotopic (exact) mass is 388 g/mol. The summed E-state index contributed by atoms with van der Waals surface area (Å²) < 4.78 is 0. The summed E-state index contributed by atoms with van der Waals surface area (Å²) in [6, 6.07) is -0.0134. The Bertz CT molecular complexity index is 301. The van der Waals surface area contributed by atoms with E-state index in [2.05, 4.69) is 19.2 Å². The number of hydrogen-bond donors (Lipinski definition) is 5. The first kappa shape index (κ1) is 26.8. The molecule has 27 heavy (non-hydrogen) atoms. The topological polar surface area (TPSA) is 98.7 Å². The quantitative estimate of drug-likeness (QED) is 0.159. The highest BCUT2D eigenvalue weighted by Gasteiger charge is 2.18. The Labute approximate surface area is 168 Å².